The number of anilines is 1. The highest BCUT2D eigenvalue weighted by atomic mass is 32.2. The van der Waals surface area contributed by atoms with Gasteiger partial charge >= 0.3 is 0 Å². The van der Waals surface area contributed by atoms with E-state index in [1.54, 1.807) is 40.4 Å². The van der Waals surface area contributed by atoms with Crippen molar-refractivity contribution in [1.29, 1.82) is 0 Å². The average Bonchev–Trinajstić information content (AvgIpc) is 3.29. The van der Waals surface area contributed by atoms with Gasteiger partial charge in [0.15, 0.2) is 4.34 Å². The van der Waals surface area contributed by atoms with E-state index in [4.69, 9.17) is 0 Å². The van der Waals surface area contributed by atoms with Crippen molar-refractivity contribution in [2.75, 3.05) is 11.1 Å². The van der Waals surface area contributed by atoms with Gasteiger partial charge in [0.05, 0.1) is 28.0 Å². The molecule has 130 valence electrons. The quantitative estimate of drug-likeness (QED) is 0.520. The number of hydrogen-bond donors (Lipinski definition) is 1. The van der Waals surface area contributed by atoms with Crippen molar-refractivity contribution in [3.8, 4) is 5.69 Å². The van der Waals surface area contributed by atoms with E-state index in [0.717, 1.165) is 14.6 Å². The zero-order valence-electron chi connectivity index (χ0n) is 13.4. The Balaban J connectivity index is 1.39. The van der Waals surface area contributed by atoms with E-state index < -0.39 is 5.82 Å². The van der Waals surface area contributed by atoms with Crippen molar-refractivity contribution in [2.24, 2.45) is 0 Å². The van der Waals surface area contributed by atoms with E-state index in [1.165, 1.54) is 24.2 Å². The van der Waals surface area contributed by atoms with Gasteiger partial charge in [0.1, 0.15) is 5.82 Å². The lowest BCUT2D eigenvalue weighted by Crippen LogP contribution is -2.14. The van der Waals surface area contributed by atoms with Gasteiger partial charge in [-0.2, -0.15) is 0 Å². The molecule has 0 spiro atoms. The Morgan fingerprint density at radius 3 is 2.92 bits per heavy atom. The number of imidazole rings is 1. The SMILES string of the molecule is O=C(CSc1nc2ccccc2s1)Nc1ccc(-n2ccnc2)c(F)c1. The third-order valence-electron chi connectivity index (χ3n) is 3.62. The molecular weight excluding hydrogens is 371 g/mol. The van der Waals surface area contributed by atoms with Gasteiger partial charge in [-0.1, -0.05) is 23.9 Å². The molecule has 4 rings (SSSR count). The fraction of sp³-hybridized carbons (Fsp3) is 0.0556. The number of halogens is 1. The van der Waals surface area contributed by atoms with Crippen LogP contribution in [0.25, 0.3) is 15.9 Å². The highest BCUT2D eigenvalue weighted by Crippen LogP contribution is 2.29. The number of carbonyl (C=O) groups is 1. The number of amides is 1. The zero-order chi connectivity index (χ0) is 17.9. The third kappa shape index (κ3) is 3.61. The average molecular weight is 384 g/mol. The monoisotopic (exact) mass is 384 g/mol. The molecule has 2 aromatic carbocycles. The Bertz CT molecular complexity index is 1030. The zero-order valence-corrected chi connectivity index (χ0v) is 15.1. The second-order valence-electron chi connectivity index (χ2n) is 5.42. The van der Waals surface area contributed by atoms with Gasteiger partial charge in [-0.3, -0.25) is 4.79 Å². The minimum atomic E-state index is -0.431. The lowest BCUT2D eigenvalue weighted by Gasteiger charge is -2.08. The molecule has 0 saturated carbocycles. The molecule has 0 unspecified atom stereocenters. The van der Waals surface area contributed by atoms with Crippen molar-refractivity contribution < 1.29 is 9.18 Å². The van der Waals surface area contributed by atoms with Gasteiger partial charge < -0.3 is 9.88 Å². The summed E-state index contributed by atoms with van der Waals surface area (Å²) in [6.07, 6.45) is 4.75. The van der Waals surface area contributed by atoms with Crippen LogP contribution in [0.1, 0.15) is 0 Å². The Kier molecular flexibility index (Phi) is 4.68. The number of nitrogens with zero attached hydrogens (tertiary/aromatic N) is 3. The molecule has 26 heavy (non-hydrogen) atoms. The first-order valence-electron chi connectivity index (χ1n) is 7.75. The summed E-state index contributed by atoms with van der Waals surface area (Å²) in [6, 6.07) is 12.4. The molecule has 0 aliphatic rings. The predicted molar refractivity (Wildman–Crippen MR) is 102 cm³/mol. The first-order valence-corrected chi connectivity index (χ1v) is 9.55. The van der Waals surface area contributed by atoms with E-state index in [9.17, 15) is 9.18 Å². The van der Waals surface area contributed by atoms with Crippen LogP contribution in [0.15, 0.2) is 65.5 Å². The molecule has 1 N–H and O–H groups in total. The Labute approximate surface area is 156 Å². The number of thiazole rings is 1. The third-order valence-corrected chi connectivity index (χ3v) is 5.79. The maximum absolute atomic E-state index is 14.2. The van der Waals surface area contributed by atoms with Crippen LogP contribution in [0.4, 0.5) is 10.1 Å². The molecule has 0 radical (unpaired) electrons. The number of fused-ring (bicyclic) bond motifs is 1. The molecule has 0 bridgehead atoms. The standard InChI is InChI=1S/C18H13FN4OS2/c19-13-9-12(5-6-15(13)23-8-7-20-11-23)21-17(24)10-25-18-22-14-3-1-2-4-16(14)26-18/h1-9,11H,10H2,(H,21,24). The van der Waals surface area contributed by atoms with Crippen molar-refractivity contribution in [2.45, 2.75) is 4.34 Å². The van der Waals surface area contributed by atoms with Gasteiger partial charge in [0, 0.05) is 18.1 Å². The molecule has 0 aliphatic heterocycles. The number of nitrogens with one attached hydrogen (secondary N) is 1. The highest BCUT2D eigenvalue weighted by Gasteiger charge is 2.10. The number of para-hydroxylation sites is 1. The molecule has 5 nitrogen and oxygen atoms in total. The number of aromatic nitrogens is 3. The van der Waals surface area contributed by atoms with Crippen LogP contribution in [-0.4, -0.2) is 26.2 Å². The van der Waals surface area contributed by atoms with Crippen LogP contribution in [0.3, 0.4) is 0 Å². The lowest BCUT2D eigenvalue weighted by molar-refractivity contribution is -0.113. The van der Waals surface area contributed by atoms with Gasteiger partial charge in [0.25, 0.3) is 0 Å². The summed E-state index contributed by atoms with van der Waals surface area (Å²) in [5.41, 5.74) is 1.73. The summed E-state index contributed by atoms with van der Waals surface area (Å²) in [5, 5.41) is 2.71. The Hall–Kier alpha value is -2.71. The second-order valence-corrected chi connectivity index (χ2v) is 7.67. The molecule has 0 atom stereocenters. The lowest BCUT2D eigenvalue weighted by atomic mass is 10.2. The van der Waals surface area contributed by atoms with E-state index >= 15 is 0 Å². The molecule has 0 aliphatic carbocycles. The second kappa shape index (κ2) is 7.27. The molecule has 1 amide bonds. The van der Waals surface area contributed by atoms with Crippen molar-refractivity contribution in [3.63, 3.8) is 0 Å². The van der Waals surface area contributed by atoms with E-state index in [0.29, 0.717) is 11.4 Å². The first-order chi connectivity index (χ1) is 12.7. The Morgan fingerprint density at radius 2 is 2.15 bits per heavy atom. The summed E-state index contributed by atoms with van der Waals surface area (Å²) in [6.45, 7) is 0. The minimum Gasteiger partial charge on any atom is -0.325 e. The normalized spacial score (nSPS) is 11.0. The van der Waals surface area contributed by atoms with Gasteiger partial charge in [-0.25, -0.2) is 14.4 Å². The smallest absolute Gasteiger partial charge is 0.234 e. The Morgan fingerprint density at radius 1 is 1.27 bits per heavy atom. The highest BCUT2D eigenvalue weighted by molar-refractivity contribution is 8.01. The topological polar surface area (TPSA) is 59.8 Å². The molecule has 0 saturated heterocycles. The van der Waals surface area contributed by atoms with Gasteiger partial charge in [-0.05, 0) is 30.3 Å². The molecule has 2 heterocycles. The van der Waals surface area contributed by atoms with Crippen LogP contribution in [0.5, 0.6) is 0 Å². The van der Waals surface area contributed by atoms with E-state index in [2.05, 4.69) is 15.3 Å². The summed E-state index contributed by atoms with van der Waals surface area (Å²) in [4.78, 5) is 20.5. The van der Waals surface area contributed by atoms with Crippen LogP contribution in [-0.2, 0) is 4.79 Å². The summed E-state index contributed by atoms with van der Waals surface area (Å²) < 4.78 is 17.7. The van der Waals surface area contributed by atoms with Gasteiger partial charge in [0.2, 0.25) is 5.91 Å². The first kappa shape index (κ1) is 16.7. The molecule has 8 heteroatoms. The summed E-state index contributed by atoms with van der Waals surface area (Å²) in [5.74, 6) is -0.422. The number of carbonyl (C=O) groups excluding carboxylic acids is 1. The fourth-order valence-corrected chi connectivity index (χ4v) is 4.30. The number of thioether (sulfide) groups is 1. The molecule has 4 aromatic rings. The van der Waals surface area contributed by atoms with Crippen molar-refractivity contribution in [3.05, 3.63) is 67.0 Å². The fourth-order valence-electron chi connectivity index (χ4n) is 2.43. The predicted octanol–water partition coefficient (Wildman–Crippen LogP) is 4.35. The molecule has 2 aromatic heterocycles. The minimum absolute atomic E-state index is 0.205. The van der Waals surface area contributed by atoms with E-state index in [-0.39, 0.29) is 11.7 Å². The van der Waals surface area contributed by atoms with Crippen LogP contribution < -0.4 is 5.32 Å². The number of rotatable bonds is 5. The van der Waals surface area contributed by atoms with Gasteiger partial charge in [-0.15, -0.1) is 11.3 Å². The summed E-state index contributed by atoms with van der Waals surface area (Å²) in [7, 11) is 0. The van der Waals surface area contributed by atoms with Crippen LogP contribution in [0, 0.1) is 5.82 Å². The summed E-state index contributed by atoms with van der Waals surface area (Å²) >= 11 is 2.92. The number of benzene rings is 2. The van der Waals surface area contributed by atoms with Crippen LogP contribution in [0.2, 0.25) is 0 Å². The largest absolute Gasteiger partial charge is 0.325 e. The van der Waals surface area contributed by atoms with E-state index in [1.807, 2.05) is 24.3 Å². The maximum atomic E-state index is 14.2. The number of hydrogen-bond acceptors (Lipinski definition) is 5. The molecular formula is C18H13FN4OS2. The molecule has 0 fully saturated rings. The van der Waals surface area contributed by atoms with Crippen molar-refractivity contribution in [1.82, 2.24) is 14.5 Å². The van der Waals surface area contributed by atoms with Crippen molar-refractivity contribution >= 4 is 44.9 Å². The van der Waals surface area contributed by atoms with Crippen LogP contribution >= 0.6 is 23.1 Å². The maximum Gasteiger partial charge on any atom is 0.234 e.